The van der Waals surface area contributed by atoms with E-state index in [2.05, 4.69) is 25.9 Å². The zero-order valence-corrected chi connectivity index (χ0v) is 14.3. The smallest absolute Gasteiger partial charge is 0.229 e. The number of anilines is 1. The molecule has 1 saturated carbocycles. The monoisotopic (exact) mass is 320 g/mol. The van der Waals surface area contributed by atoms with E-state index in [1.54, 1.807) is 7.05 Å². The molecule has 1 heterocycles. The van der Waals surface area contributed by atoms with Crippen molar-refractivity contribution in [2.45, 2.75) is 52.0 Å². The molecular weight excluding hydrogens is 296 g/mol. The Morgan fingerprint density at radius 2 is 1.82 bits per heavy atom. The molecular formula is C15H24N6S. The van der Waals surface area contributed by atoms with Gasteiger partial charge in [0.2, 0.25) is 11.9 Å². The Balaban J connectivity index is 2.15. The fourth-order valence-electron chi connectivity index (χ4n) is 2.55. The summed E-state index contributed by atoms with van der Waals surface area (Å²) in [5.41, 5.74) is 1.84. The molecule has 0 saturated heterocycles. The minimum atomic E-state index is 0.328. The van der Waals surface area contributed by atoms with Crippen LogP contribution in [0.5, 0.6) is 0 Å². The number of hydrogen-bond acceptors (Lipinski definition) is 4. The Hall–Kier alpha value is -1.76. The first-order chi connectivity index (χ1) is 10.6. The van der Waals surface area contributed by atoms with E-state index in [0.717, 1.165) is 24.2 Å². The van der Waals surface area contributed by atoms with Gasteiger partial charge in [-0.05, 0) is 45.0 Å². The summed E-state index contributed by atoms with van der Waals surface area (Å²) in [5.74, 6) is 1.15. The Kier molecular flexibility index (Phi) is 6.06. The average molecular weight is 320 g/mol. The van der Waals surface area contributed by atoms with Gasteiger partial charge in [-0.2, -0.15) is 0 Å². The first-order valence-electron chi connectivity index (χ1n) is 7.72. The maximum absolute atomic E-state index is 5.18. The molecule has 7 heteroatoms. The highest BCUT2D eigenvalue weighted by Crippen LogP contribution is 2.20. The van der Waals surface area contributed by atoms with Crippen molar-refractivity contribution in [1.82, 2.24) is 20.6 Å². The number of thiocarbonyl (C=S) groups is 1. The van der Waals surface area contributed by atoms with Crippen LogP contribution < -0.4 is 16.0 Å². The van der Waals surface area contributed by atoms with Gasteiger partial charge in [0.15, 0.2) is 5.11 Å². The number of guanidine groups is 1. The van der Waals surface area contributed by atoms with Crippen LogP contribution in [0.2, 0.25) is 0 Å². The fourth-order valence-corrected chi connectivity index (χ4v) is 2.64. The molecule has 1 aromatic heterocycles. The average Bonchev–Trinajstić information content (AvgIpc) is 2.47. The van der Waals surface area contributed by atoms with Crippen molar-refractivity contribution in [2.75, 3.05) is 12.4 Å². The summed E-state index contributed by atoms with van der Waals surface area (Å²) in [6, 6.07) is 2.27. The zero-order chi connectivity index (χ0) is 15.9. The third-order valence-corrected chi connectivity index (χ3v) is 3.86. The highest BCUT2D eigenvalue weighted by Gasteiger charge is 2.14. The summed E-state index contributed by atoms with van der Waals surface area (Å²) >= 11 is 5.18. The molecule has 0 radical (unpaired) electrons. The van der Waals surface area contributed by atoms with Gasteiger partial charge in [0.1, 0.15) is 0 Å². The molecule has 0 aliphatic heterocycles. The Morgan fingerprint density at radius 1 is 1.18 bits per heavy atom. The number of rotatable bonds is 2. The number of nitrogens with one attached hydrogen (secondary N) is 3. The molecule has 1 aromatic rings. The van der Waals surface area contributed by atoms with Gasteiger partial charge < -0.3 is 10.6 Å². The quantitative estimate of drug-likeness (QED) is 0.441. The van der Waals surface area contributed by atoms with Crippen LogP contribution in [-0.4, -0.2) is 34.1 Å². The van der Waals surface area contributed by atoms with E-state index < -0.39 is 0 Å². The summed E-state index contributed by atoms with van der Waals surface area (Å²) in [5, 5.41) is 9.66. The van der Waals surface area contributed by atoms with E-state index >= 15 is 0 Å². The van der Waals surface area contributed by atoms with Crippen LogP contribution in [0, 0.1) is 13.8 Å². The van der Waals surface area contributed by atoms with Crippen molar-refractivity contribution in [3.63, 3.8) is 0 Å². The van der Waals surface area contributed by atoms with Gasteiger partial charge in [-0.15, -0.1) is 0 Å². The van der Waals surface area contributed by atoms with Gasteiger partial charge in [-0.3, -0.25) is 5.32 Å². The predicted molar refractivity (Wildman–Crippen MR) is 94.2 cm³/mol. The molecule has 0 atom stereocenters. The van der Waals surface area contributed by atoms with Crippen LogP contribution in [-0.2, 0) is 0 Å². The van der Waals surface area contributed by atoms with Crippen molar-refractivity contribution in [3.05, 3.63) is 17.5 Å². The molecule has 120 valence electrons. The van der Waals surface area contributed by atoms with Gasteiger partial charge in [0, 0.05) is 18.4 Å². The lowest BCUT2D eigenvalue weighted by Crippen LogP contribution is -2.42. The fraction of sp³-hybridized carbons (Fsp3) is 0.600. The number of hydrogen-bond donors (Lipinski definition) is 3. The number of aromatic nitrogens is 2. The van der Waals surface area contributed by atoms with E-state index in [1.165, 1.54) is 19.3 Å². The van der Waals surface area contributed by atoms with Crippen molar-refractivity contribution < 1.29 is 0 Å². The van der Waals surface area contributed by atoms with Gasteiger partial charge in [0.05, 0.1) is 6.04 Å². The maximum atomic E-state index is 5.18. The van der Waals surface area contributed by atoms with Crippen molar-refractivity contribution >= 4 is 29.2 Å². The number of aliphatic imine (C=N–C) groups is 1. The number of nitrogens with zero attached hydrogens (tertiary/aromatic N) is 3. The highest BCUT2D eigenvalue weighted by molar-refractivity contribution is 7.80. The molecule has 6 nitrogen and oxygen atoms in total. The Bertz CT molecular complexity index is 531. The summed E-state index contributed by atoms with van der Waals surface area (Å²) in [6.07, 6.45) is 6.01. The lowest BCUT2D eigenvalue weighted by Gasteiger charge is -2.20. The van der Waals surface area contributed by atoms with Gasteiger partial charge in [-0.25, -0.2) is 15.0 Å². The largest absolute Gasteiger partial charge is 0.365 e. The Labute approximate surface area is 137 Å². The molecule has 0 bridgehead atoms. The summed E-state index contributed by atoms with van der Waals surface area (Å²) in [6.45, 7) is 3.90. The molecule has 0 spiro atoms. The van der Waals surface area contributed by atoms with E-state index in [0.29, 0.717) is 23.1 Å². The van der Waals surface area contributed by atoms with Crippen LogP contribution in [0.3, 0.4) is 0 Å². The summed E-state index contributed by atoms with van der Waals surface area (Å²) < 4.78 is 0. The summed E-state index contributed by atoms with van der Waals surface area (Å²) in [4.78, 5) is 13.6. The lowest BCUT2D eigenvalue weighted by atomic mass is 9.96. The second kappa shape index (κ2) is 8.03. The normalized spacial score (nSPS) is 16.2. The number of aryl methyl sites for hydroxylation is 2. The molecule has 1 aliphatic carbocycles. The molecule has 1 aliphatic rings. The third-order valence-electron chi connectivity index (χ3n) is 3.56. The predicted octanol–water partition coefficient (Wildman–Crippen LogP) is 2.29. The van der Waals surface area contributed by atoms with E-state index in [1.807, 2.05) is 19.9 Å². The zero-order valence-electron chi connectivity index (χ0n) is 13.4. The molecule has 22 heavy (non-hydrogen) atoms. The lowest BCUT2D eigenvalue weighted by molar-refractivity contribution is 0.443. The molecule has 1 fully saturated rings. The van der Waals surface area contributed by atoms with Crippen LogP contribution in [0.4, 0.5) is 5.95 Å². The minimum Gasteiger partial charge on any atom is -0.365 e. The van der Waals surface area contributed by atoms with Crippen LogP contribution in [0.25, 0.3) is 0 Å². The molecule has 2 rings (SSSR count). The van der Waals surface area contributed by atoms with Crippen molar-refractivity contribution in [2.24, 2.45) is 4.99 Å². The highest BCUT2D eigenvalue weighted by atomic mass is 32.1. The first-order valence-corrected chi connectivity index (χ1v) is 8.13. The second-order valence-corrected chi connectivity index (χ2v) is 5.98. The van der Waals surface area contributed by atoms with Gasteiger partial charge >= 0.3 is 0 Å². The van der Waals surface area contributed by atoms with Crippen LogP contribution in [0.1, 0.15) is 43.5 Å². The first kappa shape index (κ1) is 16.6. The molecule has 0 amide bonds. The Morgan fingerprint density at radius 3 is 2.41 bits per heavy atom. The van der Waals surface area contributed by atoms with Gasteiger partial charge in [-0.1, -0.05) is 19.3 Å². The van der Waals surface area contributed by atoms with Crippen LogP contribution in [0.15, 0.2) is 11.1 Å². The SMILES string of the molecule is CNC(=S)NC(=NC1CCCCC1)Nc1nc(C)cc(C)n1. The summed E-state index contributed by atoms with van der Waals surface area (Å²) in [7, 11) is 1.78. The van der Waals surface area contributed by atoms with Crippen molar-refractivity contribution in [1.29, 1.82) is 0 Å². The minimum absolute atomic E-state index is 0.328. The van der Waals surface area contributed by atoms with Gasteiger partial charge in [0.25, 0.3) is 0 Å². The molecule has 0 aromatic carbocycles. The maximum Gasteiger partial charge on any atom is 0.229 e. The topological polar surface area (TPSA) is 74.2 Å². The second-order valence-electron chi connectivity index (χ2n) is 5.57. The standard InChI is InChI=1S/C15H24N6S/c1-10-9-11(2)18-13(17-10)20-14(21-15(22)16-3)19-12-7-5-4-6-8-12/h9,12H,4-8H2,1-3H3,(H3,16,17,18,19,20,21,22). The molecule has 3 N–H and O–H groups in total. The third kappa shape index (κ3) is 5.22. The van der Waals surface area contributed by atoms with Crippen molar-refractivity contribution in [3.8, 4) is 0 Å². The van der Waals surface area contributed by atoms with E-state index in [9.17, 15) is 0 Å². The van der Waals surface area contributed by atoms with E-state index in [-0.39, 0.29) is 0 Å². The van der Waals surface area contributed by atoms with E-state index in [4.69, 9.17) is 17.2 Å². The van der Waals surface area contributed by atoms with Crippen LogP contribution >= 0.6 is 12.2 Å². The molecule has 0 unspecified atom stereocenters.